The average Bonchev–Trinajstić information content (AvgIpc) is 2.34. The number of aryl methyl sites for hydroxylation is 1. The van der Waals surface area contributed by atoms with Gasteiger partial charge in [-0.05, 0) is 45.5 Å². The van der Waals surface area contributed by atoms with Gasteiger partial charge in [-0.1, -0.05) is 26.3 Å². The van der Waals surface area contributed by atoms with E-state index in [0.717, 1.165) is 43.7 Å². The molecule has 0 saturated carbocycles. The predicted molar refractivity (Wildman–Crippen MR) is 84.9 cm³/mol. The molecule has 1 aromatic heterocycles. The van der Waals surface area contributed by atoms with Crippen LogP contribution in [0.4, 0.5) is 0 Å². The maximum Gasteiger partial charge on any atom is 0.0963 e. The van der Waals surface area contributed by atoms with Gasteiger partial charge in [0.05, 0.1) is 11.5 Å². The summed E-state index contributed by atoms with van der Waals surface area (Å²) in [7, 11) is 2.13. The molecule has 0 fully saturated rings. The van der Waals surface area contributed by atoms with Crippen molar-refractivity contribution >= 4 is 5.84 Å². The number of nitrogens with two attached hydrogens (primary N) is 1. The lowest BCUT2D eigenvalue weighted by Crippen LogP contribution is -2.31. The van der Waals surface area contributed by atoms with Gasteiger partial charge in [-0.2, -0.15) is 0 Å². The molecule has 0 radical (unpaired) electrons. The molecular formula is C16H28N4. The molecule has 4 nitrogen and oxygen atoms in total. The highest BCUT2D eigenvalue weighted by Crippen LogP contribution is 2.22. The fourth-order valence-corrected chi connectivity index (χ4v) is 2.13. The van der Waals surface area contributed by atoms with Gasteiger partial charge >= 0.3 is 0 Å². The molecule has 1 aromatic rings. The Morgan fingerprint density at radius 2 is 2.05 bits per heavy atom. The molecule has 3 N–H and O–H groups in total. The summed E-state index contributed by atoms with van der Waals surface area (Å²) in [4.78, 5) is 6.81. The number of nitrogens with zero attached hydrogens (tertiary/aromatic N) is 2. The molecule has 1 rings (SSSR count). The molecule has 0 bridgehead atoms. The summed E-state index contributed by atoms with van der Waals surface area (Å²) < 4.78 is 0. The number of amidine groups is 1. The van der Waals surface area contributed by atoms with Gasteiger partial charge in [0.15, 0.2) is 0 Å². The Bertz CT molecular complexity index is 440. The summed E-state index contributed by atoms with van der Waals surface area (Å²) in [5, 5.41) is 7.54. The van der Waals surface area contributed by atoms with Crippen molar-refractivity contribution in [2.24, 2.45) is 11.1 Å². The Morgan fingerprint density at radius 3 is 2.65 bits per heavy atom. The third-order valence-electron chi connectivity index (χ3n) is 3.70. The van der Waals surface area contributed by atoms with Crippen LogP contribution in [0.5, 0.6) is 0 Å². The molecule has 0 saturated heterocycles. The first-order valence-electron chi connectivity index (χ1n) is 7.27. The largest absolute Gasteiger partial charge is 0.387 e. The van der Waals surface area contributed by atoms with E-state index in [0.29, 0.717) is 0 Å². The minimum atomic E-state index is -0.170. The van der Waals surface area contributed by atoms with Crippen molar-refractivity contribution in [2.75, 3.05) is 13.6 Å². The second-order valence-corrected chi connectivity index (χ2v) is 6.26. The lowest BCUT2D eigenvalue weighted by atomic mass is 9.86. The van der Waals surface area contributed by atoms with E-state index in [1.165, 1.54) is 0 Å². The molecule has 20 heavy (non-hydrogen) atoms. The van der Waals surface area contributed by atoms with E-state index < -0.39 is 0 Å². The van der Waals surface area contributed by atoms with Gasteiger partial charge in [-0.15, -0.1) is 0 Å². The summed E-state index contributed by atoms with van der Waals surface area (Å²) in [6, 6.07) is 6.15. The number of hydrogen-bond acceptors (Lipinski definition) is 3. The zero-order valence-electron chi connectivity index (χ0n) is 13.2. The highest BCUT2D eigenvalue weighted by molar-refractivity contribution is 5.82. The van der Waals surface area contributed by atoms with E-state index in [9.17, 15) is 0 Å². The second kappa shape index (κ2) is 7.39. The topological polar surface area (TPSA) is 66.0 Å². The van der Waals surface area contributed by atoms with Crippen molar-refractivity contribution in [3.8, 4) is 0 Å². The molecule has 0 atom stereocenters. The van der Waals surface area contributed by atoms with E-state index in [1.54, 1.807) is 0 Å². The minimum Gasteiger partial charge on any atom is -0.387 e. The second-order valence-electron chi connectivity index (χ2n) is 6.26. The van der Waals surface area contributed by atoms with Crippen LogP contribution in [0, 0.1) is 17.7 Å². The molecule has 112 valence electrons. The number of unbranched alkanes of at least 4 members (excludes halogenated alkanes) is 1. The van der Waals surface area contributed by atoms with Gasteiger partial charge in [0, 0.05) is 17.7 Å². The Balaban J connectivity index is 2.27. The standard InChI is InChI=1S/C16H28N4/c1-13-8-7-9-14(19-13)12-20(4)11-6-5-10-16(2,3)15(17)18/h7-9H,5-6,10-12H2,1-4H3,(H3,17,18). The van der Waals surface area contributed by atoms with E-state index in [-0.39, 0.29) is 11.3 Å². The number of nitrogens with one attached hydrogen (secondary N) is 1. The van der Waals surface area contributed by atoms with Crippen molar-refractivity contribution in [1.29, 1.82) is 5.41 Å². The molecule has 0 unspecified atom stereocenters. The molecule has 0 amide bonds. The molecule has 0 aliphatic heterocycles. The number of rotatable bonds is 8. The highest BCUT2D eigenvalue weighted by Gasteiger charge is 2.20. The zero-order valence-corrected chi connectivity index (χ0v) is 13.2. The van der Waals surface area contributed by atoms with Crippen molar-refractivity contribution < 1.29 is 0 Å². The van der Waals surface area contributed by atoms with Crippen LogP contribution in [0.25, 0.3) is 0 Å². The van der Waals surface area contributed by atoms with Crippen molar-refractivity contribution in [1.82, 2.24) is 9.88 Å². The maximum absolute atomic E-state index is 7.54. The third-order valence-corrected chi connectivity index (χ3v) is 3.70. The smallest absolute Gasteiger partial charge is 0.0963 e. The van der Waals surface area contributed by atoms with Crippen molar-refractivity contribution in [3.05, 3.63) is 29.6 Å². The number of pyridine rings is 1. The summed E-state index contributed by atoms with van der Waals surface area (Å²) in [5.41, 5.74) is 7.61. The van der Waals surface area contributed by atoms with Crippen LogP contribution < -0.4 is 5.73 Å². The quantitative estimate of drug-likeness (QED) is 0.436. The predicted octanol–water partition coefficient (Wildman–Crippen LogP) is 2.95. The van der Waals surface area contributed by atoms with E-state index in [4.69, 9.17) is 11.1 Å². The molecule has 1 heterocycles. The Labute approximate surface area is 122 Å². The van der Waals surface area contributed by atoms with Crippen LogP contribution in [-0.2, 0) is 6.54 Å². The van der Waals surface area contributed by atoms with Crippen LogP contribution in [0.1, 0.15) is 44.5 Å². The Kier molecular flexibility index (Phi) is 6.14. The van der Waals surface area contributed by atoms with Gasteiger partial charge in [0.2, 0.25) is 0 Å². The number of aromatic nitrogens is 1. The van der Waals surface area contributed by atoms with Crippen LogP contribution in [0.3, 0.4) is 0 Å². The SMILES string of the molecule is Cc1cccc(CN(C)CCCCC(C)(C)C(=N)N)n1. The third kappa shape index (κ3) is 5.70. The highest BCUT2D eigenvalue weighted by atomic mass is 15.1. The van der Waals surface area contributed by atoms with Gasteiger partial charge in [0.25, 0.3) is 0 Å². The zero-order chi connectivity index (χ0) is 15.2. The Morgan fingerprint density at radius 1 is 1.35 bits per heavy atom. The molecule has 4 heteroatoms. The summed E-state index contributed by atoms with van der Waals surface area (Å²) >= 11 is 0. The molecule has 0 aliphatic carbocycles. The molecule has 0 aliphatic rings. The fraction of sp³-hybridized carbons (Fsp3) is 0.625. The number of hydrogen-bond donors (Lipinski definition) is 2. The minimum absolute atomic E-state index is 0.170. The summed E-state index contributed by atoms with van der Waals surface area (Å²) in [5.74, 6) is 0.287. The van der Waals surface area contributed by atoms with E-state index in [1.807, 2.05) is 26.8 Å². The molecular weight excluding hydrogens is 248 g/mol. The van der Waals surface area contributed by atoms with E-state index in [2.05, 4.69) is 29.1 Å². The van der Waals surface area contributed by atoms with Crippen LogP contribution >= 0.6 is 0 Å². The van der Waals surface area contributed by atoms with Crippen LogP contribution in [-0.4, -0.2) is 29.3 Å². The maximum atomic E-state index is 7.54. The average molecular weight is 276 g/mol. The first-order chi connectivity index (χ1) is 9.31. The lowest BCUT2D eigenvalue weighted by molar-refractivity contribution is 0.305. The van der Waals surface area contributed by atoms with Gasteiger partial charge in [0.1, 0.15) is 0 Å². The fourth-order valence-electron chi connectivity index (χ4n) is 2.13. The van der Waals surface area contributed by atoms with Gasteiger partial charge < -0.3 is 10.6 Å². The molecule has 0 aromatic carbocycles. The summed E-state index contributed by atoms with van der Waals surface area (Å²) in [6.07, 6.45) is 3.19. The van der Waals surface area contributed by atoms with Gasteiger partial charge in [-0.25, -0.2) is 0 Å². The first kappa shape index (κ1) is 16.6. The van der Waals surface area contributed by atoms with Gasteiger partial charge in [-0.3, -0.25) is 10.4 Å². The molecule has 0 spiro atoms. The first-order valence-corrected chi connectivity index (χ1v) is 7.27. The van der Waals surface area contributed by atoms with Crippen molar-refractivity contribution in [3.63, 3.8) is 0 Å². The monoisotopic (exact) mass is 276 g/mol. The lowest BCUT2D eigenvalue weighted by Gasteiger charge is -2.23. The normalized spacial score (nSPS) is 11.8. The van der Waals surface area contributed by atoms with Crippen LogP contribution in [0.15, 0.2) is 18.2 Å². The van der Waals surface area contributed by atoms with Crippen LogP contribution in [0.2, 0.25) is 0 Å². The van der Waals surface area contributed by atoms with E-state index >= 15 is 0 Å². The Hall–Kier alpha value is -1.42. The van der Waals surface area contributed by atoms with Crippen molar-refractivity contribution in [2.45, 2.75) is 46.6 Å². The summed E-state index contributed by atoms with van der Waals surface area (Å²) in [6.45, 7) is 8.03.